The highest BCUT2D eigenvalue weighted by atomic mass is 32.1. The van der Waals surface area contributed by atoms with Crippen molar-refractivity contribution in [1.29, 1.82) is 0 Å². The summed E-state index contributed by atoms with van der Waals surface area (Å²) in [7, 11) is 0. The second-order valence-corrected chi connectivity index (χ2v) is 4.25. The predicted octanol–water partition coefficient (Wildman–Crippen LogP) is -0.510. The summed E-state index contributed by atoms with van der Waals surface area (Å²) < 4.78 is 0. The molecule has 0 radical (unpaired) electrons. The Kier molecular flexibility index (Phi) is 5.70. The number of carbonyl (C=O) groups excluding carboxylic acids is 2. The van der Waals surface area contributed by atoms with Gasteiger partial charge in [-0.05, 0) is 12.1 Å². The second-order valence-electron chi connectivity index (χ2n) is 3.17. The van der Waals surface area contributed by atoms with E-state index in [0.29, 0.717) is 16.3 Å². The summed E-state index contributed by atoms with van der Waals surface area (Å²) in [5.74, 6) is 4.99. The average molecular weight is 267 g/mol. The Labute approximate surface area is 108 Å². The zero-order valence-corrected chi connectivity index (χ0v) is 10.3. The van der Waals surface area contributed by atoms with Crippen molar-refractivity contribution in [2.75, 3.05) is 19.7 Å². The topological polar surface area (TPSA) is 104 Å². The number of aliphatic hydroxyl groups is 1. The van der Waals surface area contributed by atoms with E-state index in [0.717, 1.165) is 0 Å². The SMILES string of the molecule is NC(=O)NCCNC(=O)c1ccc(C#CCO)s1. The van der Waals surface area contributed by atoms with Crippen molar-refractivity contribution in [3.05, 3.63) is 21.9 Å². The summed E-state index contributed by atoms with van der Waals surface area (Å²) in [6.45, 7) is 0.374. The Bertz CT molecular complexity index is 487. The number of amides is 3. The van der Waals surface area contributed by atoms with Gasteiger partial charge in [0.15, 0.2) is 0 Å². The molecule has 6 nitrogen and oxygen atoms in total. The van der Waals surface area contributed by atoms with E-state index in [2.05, 4.69) is 22.5 Å². The van der Waals surface area contributed by atoms with Gasteiger partial charge in [0.1, 0.15) is 6.61 Å². The molecule has 0 aliphatic carbocycles. The molecule has 0 atom stereocenters. The number of rotatable bonds is 4. The van der Waals surface area contributed by atoms with E-state index in [1.54, 1.807) is 12.1 Å². The van der Waals surface area contributed by atoms with Crippen molar-refractivity contribution in [2.45, 2.75) is 0 Å². The van der Waals surface area contributed by atoms with Crippen LogP contribution in [0.15, 0.2) is 12.1 Å². The lowest BCUT2D eigenvalue weighted by atomic mass is 10.4. The van der Waals surface area contributed by atoms with E-state index >= 15 is 0 Å². The molecule has 0 aliphatic heterocycles. The lowest BCUT2D eigenvalue weighted by Crippen LogP contribution is -2.37. The molecule has 7 heteroatoms. The minimum absolute atomic E-state index is 0.210. The number of nitrogens with one attached hydrogen (secondary N) is 2. The summed E-state index contributed by atoms with van der Waals surface area (Å²) in [6, 6.07) is 2.74. The quantitative estimate of drug-likeness (QED) is 0.436. The van der Waals surface area contributed by atoms with E-state index in [-0.39, 0.29) is 19.1 Å². The van der Waals surface area contributed by atoms with Crippen molar-refractivity contribution < 1.29 is 14.7 Å². The maximum Gasteiger partial charge on any atom is 0.312 e. The van der Waals surface area contributed by atoms with E-state index < -0.39 is 6.03 Å². The molecule has 18 heavy (non-hydrogen) atoms. The van der Waals surface area contributed by atoms with Crippen molar-refractivity contribution in [1.82, 2.24) is 10.6 Å². The molecular formula is C11H13N3O3S. The third kappa shape index (κ3) is 4.86. The Morgan fingerprint density at radius 2 is 2.06 bits per heavy atom. The summed E-state index contributed by atoms with van der Waals surface area (Å²) in [5.41, 5.74) is 4.87. The molecule has 0 unspecified atom stereocenters. The smallest absolute Gasteiger partial charge is 0.312 e. The van der Waals surface area contributed by atoms with E-state index in [9.17, 15) is 9.59 Å². The molecule has 0 aromatic carbocycles. The van der Waals surface area contributed by atoms with Crippen LogP contribution in [0.25, 0.3) is 0 Å². The van der Waals surface area contributed by atoms with Gasteiger partial charge in [-0.2, -0.15) is 0 Å². The molecule has 0 saturated heterocycles. The summed E-state index contributed by atoms with van der Waals surface area (Å²) in [6.07, 6.45) is 0. The average Bonchev–Trinajstić information content (AvgIpc) is 2.80. The number of nitrogens with two attached hydrogens (primary N) is 1. The fourth-order valence-electron chi connectivity index (χ4n) is 1.10. The first-order valence-corrected chi connectivity index (χ1v) is 5.96. The van der Waals surface area contributed by atoms with E-state index in [1.165, 1.54) is 11.3 Å². The van der Waals surface area contributed by atoms with Crippen LogP contribution in [0.2, 0.25) is 0 Å². The lowest BCUT2D eigenvalue weighted by molar-refractivity contribution is 0.0958. The molecule has 0 fully saturated rings. The number of hydrogen-bond acceptors (Lipinski definition) is 4. The van der Waals surface area contributed by atoms with Gasteiger partial charge in [0, 0.05) is 13.1 Å². The maximum atomic E-state index is 11.6. The van der Waals surface area contributed by atoms with Crippen molar-refractivity contribution >= 4 is 23.3 Å². The normalized spacial score (nSPS) is 9.17. The zero-order chi connectivity index (χ0) is 13.4. The number of thiophene rings is 1. The molecule has 1 aromatic rings. The van der Waals surface area contributed by atoms with Crippen LogP contribution in [0, 0.1) is 11.8 Å². The Morgan fingerprint density at radius 3 is 2.72 bits per heavy atom. The van der Waals surface area contributed by atoms with Crippen LogP contribution in [-0.2, 0) is 0 Å². The number of urea groups is 1. The molecule has 3 amide bonds. The molecular weight excluding hydrogens is 254 g/mol. The first-order valence-electron chi connectivity index (χ1n) is 5.14. The number of hydrogen-bond donors (Lipinski definition) is 4. The molecule has 5 N–H and O–H groups in total. The minimum Gasteiger partial charge on any atom is -0.384 e. The maximum absolute atomic E-state index is 11.6. The Balaban J connectivity index is 2.42. The fourth-order valence-corrected chi connectivity index (χ4v) is 1.90. The number of primary amides is 1. The standard InChI is InChI=1S/C11H13N3O3S/c12-11(17)14-6-5-13-10(16)9-4-3-8(18-9)2-1-7-15/h3-4,15H,5-7H2,(H,13,16)(H3,12,14,17). The van der Waals surface area contributed by atoms with Gasteiger partial charge in [0.2, 0.25) is 0 Å². The Hall–Kier alpha value is -2.04. The van der Waals surface area contributed by atoms with Crippen LogP contribution in [-0.4, -0.2) is 36.7 Å². The molecule has 0 saturated carbocycles. The lowest BCUT2D eigenvalue weighted by Gasteiger charge is -2.03. The van der Waals surface area contributed by atoms with Crippen molar-refractivity contribution in [3.8, 4) is 11.8 Å². The van der Waals surface area contributed by atoms with Gasteiger partial charge in [0.05, 0.1) is 9.75 Å². The van der Waals surface area contributed by atoms with Gasteiger partial charge in [0.25, 0.3) is 5.91 Å². The summed E-state index contributed by atoms with van der Waals surface area (Å²) >= 11 is 1.24. The van der Waals surface area contributed by atoms with Crippen LogP contribution in [0.5, 0.6) is 0 Å². The molecule has 0 spiro atoms. The van der Waals surface area contributed by atoms with Gasteiger partial charge in [-0.15, -0.1) is 11.3 Å². The highest BCUT2D eigenvalue weighted by Gasteiger charge is 2.07. The molecule has 96 valence electrons. The second kappa shape index (κ2) is 7.32. The van der Waals surface area contributed by atoms with Gasteiger partial charge in [-0.25, -0.2) is 4.79 Å². The van der Waals surface area contributed by atoms with Crippen LogP contribution < -0.4 is 16.4 Å². The minimum atomic E-state index is -0.623. The van der Waals surface area contributed by atoms with Gasteiger partial charge in [-0.1, -0.05) is 11.8 Å². The highest BCUT2D eigenvalue weighted by molar-refractivity contribution is 7.14. The van der Waals surface area contributed by atoms with E-state index in [1.807, 2.05) is 0 Å². The van der Waals surface area contributed by atoms with Crippen LogP contribution in [0.1, 0.15) is 14.5 Å². The van der Waals surface area contributed by atoms with Gasteiger partial charge >= 0.3 is 6.03 Å². The van der Waals surface area contributed by atoms with Crippen LogP contribution >= 0.6 is 11.3 Å². The molecule has 1 heterocycles. The first-order chi connectivity index (χ1) is 8.63. The summed E-state index contributed by atoms with van der Waals surface area (Å²) in [5, 5.41) is 13.5. The Morgan fingerprint density at radius 1 is 1.33 bits per heavy atom. The van der Waals surface area contributed by atoms with Crippen molar-refractivity contribution in [2.24, 2.45) is 5.73 Å². The molecule has 0 aliphatic rings. The third-order valence-corrected chi connectivity index (χ3v) is 2.83. The fraction of sp³-hybridized carbons (Fsp3) is 0.273. The molecule has 0 bridgehead atoms. The molecule has 1 aromatic heterocycles. The predicted molar refractivity (Wildman–Crippen MR) is 68.2 cm³/mol. The highest BCUT2D eigenvalue weighted by Crippen LogP contribution is 2.14. The zero-order valence-electron chi connectivity index (χ0n) is 9.53. The van der Waals surface area contributed by atoms with Crippen molar-refractivity contribution in [3.63, 3.8) is 0 Å². The largest absolute Gasteiger partial charge is 0.384 e. The number of carbonyl (C=O) groups is 2. The molecule has 1 rings (SSSR count). The van der Waals surface area contributed by atoms with Crippen LogP contribution in [0.4, 0.5) is 4.79 Å². The summed E-state index contributed by atoms with van der Waals surface area (Å²) in [4.78, 5) is 23.3. The van der Waals surface area contributed by atoms with Gasteiger partial charge in [-0.3, -0.25) is 4.79 Å². The number of aliphatic hydroxyl groups excluding tert-OH is 1. The van der Waals surface area contributed by atoms with Crippen LogP contribution in [0.3, 0.4) is 0 Å². The monoisotopic (exact) mass is 267 g/mol. The first kappa shape index (κ1) is 14.0. The van der Waals surface area contributed by atoms with Gasteiger partial charge < -0.3 is 21.5 Å². The third-order valence-electron chi connectivity index (χ3n) is 1.83. The van der Waals surface area contributed by atoms with E-state index in [4.69, 9.17) is 10.8 Å².